The Balaban J connectivity index is 2.10. The van der Waals surface area contributed by atoms with Crippen molar-refractivity contribution >= 4 is 0 Å². The zero-order valence-electron chi connectivity index (χ0n) is 9.85. The lowest BCUT2D eigenvalue weighted by molar-refractivity contribution is 0.474. The lowest BCUT2D eigenvalue weighted by atomic mass is 10.1. The molecule has 1 aromatic carbocycles. The number of nitrogens with one attached hydrogen (secondary N) is 2. The second-order valence-electron chi connectivity index (χ2n) is 3.96. The normalized spacial score (nSPS) is 12.5. The number of nitrogens with zero attached hydrogens (tertiary/aromatic N) is 1. The Morgan fingerprint density at radius 3 is 2.71 bits per heavy atom. The molecule has 0 aliphatic rings. The van der Waals surface area contributed by atoms with Gasteiger partial charge in [-0.25, -0.2) is 4.98 Å². The molecule has 2 aromatic rings. The summed E-state index contributed by atoms with van der Waals surface area (Å²) in [4.78, 5) is 7.41. The van der Waals surface area contributed by atoms with Gasteiger partial charge in [-0.15, -0.1) is 0 Å². The van der Waals surface area contributed by atoms with Gasteiger partial charge in [-0.1, -0.05) is 19.1 Å². The number of hydrogen-bond donors (Lipinski definition) is 3. The molecule has 0 saturated carbocycles. The smallest absolute Gasteiger partial charge is 0.123 e. The molecule has 0 saturated heterocycles. The van der Waals surface area contributed by atoms with Crippen LogP contribution in [0.4, 0.5) is 0 Å². The van der Waals surface area contributed by atoms with Gasteiger partial charge in [0.1, 0.15) is 11.6 Å². The molecule has 0 radical (unpaired) electrons. The second kappa shape index (κ2) is 5.50. The SMILES string of the molecule is CCNC(Cc1ccc(O)cc1)c1ncc[nH]1. The maximum Gasteiger partial charge on any atom is 0.123 e. The first-order valence-electron chi connectivity index (χ1n) is 5.80. The third-order valence-corrected chi connectivity index (χ3v) is 2.68. The Morgan fingerprint density at radius 2 is 2.12 bits per heavy atom. The largest absolute Gasteiger partial charge is 0.508 e. The first kappa shape index (κ1) is 11.7. The van der Waals surface area contributed by atoms with Crippen molar-refractivity contribution in [1.82, 2.24) is 15.3 Å². The van der Waals surface area contributed by atoms with Crippen LogP contribution in [0.3, 0.4) is 0 Å². The van der Waals surface area contributed by atoms with Crippen molar-refractivity contribution in [1.29, 1.82) is 0 Å². The number of aromatic nitrogens is 2. The van der Waals surface area contributed by atoms with Crippen LogP contribution in [0.5, 0.6) is 5.75 Å². The highest BCUT2D eigenvalue weighted by atomic mass is 16.3. The summed E-state index contributed by atoms with van der Waals surface area (Å²) in [5, 5.41) is 12.6. The molecule has 0 fully saturated rings. The molecule has 0 amide bonds. The van der Waals surface area contributed by atoms with Gasteiger partial charge in [0.15, 0.2) is 0 Å². The fraction of sp³-hybridized carbons (Fsp3) is 0.308. The molecule has 1 heterocycles. The minimum atomic E-state index is 0.180. The molecule has 4 nitrogen and oxygen atoms in total. The molecule has 1 unspecified atom stereocenters. The lowest BCUT2D eigenvalue weighted by Crippen LogP contribution is -2.24. The molecular formula is C13H17N3O. The van der Waals surface area contributed by atoms with E-state index in [0.29, 0.717) is 5.75 Å². The molecule has 3 N–H and O–H groups in total. The van der Waals surface area contributed by atoms with Crippen LogP contribution in [0.1, 0.15) is 24.4 Å². The minimum Gasteiger partial charge on any atom is -0.508 e. The van der Waals surface area contributed by atoms with Crippen molar-refractivity contribution < 1.29 is 5.11 Å². The van der Waals surface area contributed by atoms with Crippen molar-refractivity contribution in [2.45, 2.75) is 19.4 Å². The number of H-pyrrole nitrogens is 1. The molecule has 0 aliphatic heterocycles. The van der Waals surface area contributed by atoms with Crippen LogP contribution in [0.2, 0.25) is 0 Å². The van der Waals surface area contributed by atoms with E-state index in [1.807, 2.05) is 18.3 Å². The Hall–Kier alpha value is -1.81. The number of imidazole rings is 1. The Morgan fingerprint density at radius 1 is 1.35 bits per heavy atom. The molecule has 17 heavy (non-hydrogen) atoms. The Labute approximate surface area is 101 Å². The summed E-state index contributed by atoms with van der Waals surface area (Å²) in [5.74, 6) is 1.24. The first-order valence-corrected chi connectivity index (χ1v) is 5.80. The Kier molecular flexibility index (Phi) is 3.77. The number of aromatic amines is 1. The van der Waals surface area contributed by atoms with Crippen LogP contribution in [0.25, 0.3) is 0 Å². The van der Waals surface area contributed by atoms with Crippen LogP contribution >= 0.6 is 0 Å². The molecule has 0 bridgehead atoms. The molecule has 2 rings (SSSR count). The van der Waals surface area contributed by atoms with Crippen LogP contribution in [0.15, 0.2) is 36.7 Å². The lowest BCUT2D eigenvalue weighted by Gasteiger charge is -2.15. The highest BCUT2D eigenvalue weighted by Crippen LogP contribution is 2.17. The van der Waals surface area contributed by atoms with Crippen LogP contribution in [-0.4, -0.2) is 21.6 Å². The van der Waals surface area contributed by atoms with Crippen molar-refractivity contribution in [3.05, 3.63) is 48.0 Å². The average molecular weight is 231 g/mol. The summed E-state index contributed by atoms with van der Waals surface area (Å²) in [7, 11) is 0. The molecule has 1 atom stereocenters. The second-order valence-corrected chi connectivity index (χ2v) is 3.96. The van der Waals surface area contributed by atoms with E-state index in [4.69, 9.17) is 0 Å². The van der Waals surface area contributed by atoms with E-state index in [-0.39, 0.29) is 6.04 Å². The number of rotatable bonds is 5. The van der Waals surface area contributed by atoms with Crippen LogP contribution in [0, 0.1) is 0 Å². The van der Waals surface area contributed by atoms with Gasteiger partial charge in [-0.3, -0.25) is 0 Å². The van der Waals surface area contributed by atoms with Gasteiger partial charge in [-0.05, 0) is 30.7 Å². The zero-order chi connectivity index (χ0) is 12.1. The fourth-order valence-electron chi connectivity index (χ4n) is 1.85. The van der Waals surface area contributed by atoms with E-state index in [2.05, 4.69) is 22.2 Å². The molecule has 4 heteroatoms. The van der Waals surface area contributed by atoms with Gasteiger partial charge in [0, 0.05) is 12.4 Å². The summed E-state index contributed by atoms with van der Waals surface area (Å²) in [6.45, 7) is 2.97. The predicted molar refractivity (Wildman–Crippen MR) is 66.8 cm³/mol. The zero-order valence-corrected chi connectivity index (χ0v) is 9.85. The quantitative estimate of drug-likeness (QED) is 0.737. The number of benzene rings is 1. The maximum atomic E-state index is 9.24. The number of likely N-dealkylation sites (N-methyl/N-ethyl adjacent to an activating group) is 1. The molecule has 1 aromatic heterocycles. The van der Waals surface area contributed by atoms with Crippen LogP contribution < -0.4 is 5.32 Å². The fourth-order valence-corrected chi connectivity index (χ4v) is 1.85. The maximum absolute atomic E-state index is 9.24. The number of phenols is 1. The number of hydrogen-bond acceptors (Lipinski definition) is 3. The summed E-state index contributed by atoms with van der Waals surface area (Å²) >= 11 is 0. The van der Waals surface area contributed by atoms with E-state index in [1.54, 1.807) is 18.3 Å². The van der Waals surface area contributed by atoms with Gasteiger partial charge in [-0.2, -0.15) is 0 Å². The predicted octanol–water partition coefficient (Wildman–Crippen LogP) is 2.01. The van der Waals surface area contributed by atoms with E-state index < -0.39 is 0 Å². The van der Waals surface area contributed by atoms with Gasteiger partial charge in [0.05, 0.1) is 6.04 Å². The Bertz CT molecular complexity index is 436. The van der Waals surface area contributed by atoms with Gasteiger partial charge in [0.2, 0.25) is 0 Å². The highest BCUT2D eigenvalue weighted by Gasteiger charge is 2.13. The summed E-state index contributed by atoms with van der Waals surface area (Å²) in [5.41, 5.74) is 1.17. The molecular weight excluding hydrogens is 214 g/mol. The minimum absolute atomic E-state index is 0.180. The first-order chi connectivity index (χ1) is 8.29. The van der Waals surface area contributed by atoms with Crippen molar-refractivity contribution in [2.24, 2.45) is 0 Å². The van der Waals surface area contributed by atoms with Gasteiger partial charge in [0.25, 0.3) is 0 Å². The third-order valence-electron chi connectivity index (χ3n) is 2.68. The summed E-state index contributed by atoms with van der Waals surface area (Å²) in [6, 6.07) is 7.46. The van der Waals surface area contributed by atoms with Crippen LogP contribution in [-0.2, 0) is 6.42 Å². The van der Waals surface area contributed by atoms with Gasteiger partial charge < -0.3 is 15.4 Å². The number of aromatic hydroxyl groups is 1. The average Bonchev–Trinajstić information content (AvgIpc) is 2.85. The van der Waals surface area contributed by atoms with E-state index in [1.165, 1.54) is 5.56 Å². The standard InChI is InChI=1S/C13H17N3O/c1-2-14-12(13-15-7-8-16-13)9-10-3-5-11(17)6-4-10/h3-8,12,14,17H,2,9H2,1H3,(H,15,16). The topological polar surface area (TPSA) is 60.9 Å². The van der Waals surface area contributed by atoms with Gasteiger partial charge >= 0.3 is 0 Å². The van der Waals surface area contributed by atoms with E-state index in [0.717, 1.165) is 18.8 Å². The highest BCUT2D eigenvalue weighted by molar-refractivity contribution is 5.26. The summed E-state index contributed by atoms with van der Waals surface area (Å²) in [6.07, 6.45) is 4.44. The van der Waals surface area contributed by atoms with E-state index >= 15 is 0 Å². The van der Waals surface area contributed by atoms with Crippen molar-refractivity contribution in [3.63, 3.8) is 0 Å². The molecule has 90 valence electrons. The third kappa shape index (κ3) is 3.07. The summed E-state index contributed by atoms with van der Waals surface area (Å²) < 4.78 is 0. The van der Waals surface area contributed by atoms with Crippen molar-refractivity contribution in [3.8, 4) is 5.75 Å². The van der Waals surface area contributed by atoms with E-state index in [9.17, 15) is 5.11 Å². The molecule has 0 spiro atoms. The monoisotopic (exact) mass is 231 g/mol. The number of phenolic OH excluding ortho intramolecular Hbond substituents is 1. The molecule has 0 aliphatic carbocycles. The van der Waals surface area contributed by atoms with Crippen molar-refractivity contribution in [2.75, 3.05) is 6.54 Å².